The normalized spacial score (nSPS) is 14.9. The summed E-state index contributed by atoms with van der Waals surface area (Å²) in [7, 11) is 0. The molecule has 0 bridgehead atoms. The Balaban J connectivity index is 1.79. The van der Waals surface area contributed by atoms with Crippen molar-refractivity contribution < 1.29 is 14.7 Å². The zero-order valence-corrected chi connectivity index (χ0v) is 18.6. The summed E-state index contributed by atoms with van der Waals surface area (Å²) >= 11 is 6.88. The van der Waals surface area contributed by atoms with Crippen LogP contribution < -0.4 is 4.90 Å². The molecule has 0 atom stereocenters. The number of hydrogen-bond acceptors (Lipinski definition) is 3. The van der Waals surface area contributed by atoms with Gasteiger partial charge in [0.15, 0.2) is 0 Å². The molecule has 1 N–H and O–H groups in total. The van der Waals surface area contributed by atoms with Crippen molar-refractivity contribution in [2.75, 3.05) is 4.90 Å². The fourth-order valence-electron chi connectivity index (χ4n) is 3.04. The summed E-state index contributed by atoms with van der Waals surface area (Å²) in [6.07, 6.45) is 1.66. The van der Waals surface area contributed by atoms with Crippen LogP contribution >= 0.6 is 31.9 Å². The molecule has 1 aliphatic heterocycles. The second kappa shape index (κ2) is 8.38. The number of aliphatic imine (C=N–C) groups is 1. The second-order valence-corrected chi connectivity index (χ2v) is 8.35. The van der Waals surface area contributed by atoms with E-state index in [1.54, 1.807) is 23.1 Å². The first-order valence-corrected chi connectivity index (χ1v) is 10.5. The van der Waals surface area contributed by atoms with Gasteiger partial charge in [-0.05, 0) is 54.1 Å². The fraction of sp³-hybridized carbons (Fsp3) is 0. The Hall–Kier alpha value is -3.03. The highest BCUT2D eigenvalue weighted by Crippen LogP contribution is 2.30. The van der Waals surface area contributed by atoms with Crippen LogP contribution in [0.5, 0.6) is 0 Å². The highest BCUT2D eigenvalue weighted by Gasteiger charge is 2.32. The molecule has 0 fully saturated rings. The summed E-state index contributed by atoms with van der Waals surface area (Å²) in [5, 5.41) is 9.06. The largest absolute Gasteiger partial charge is 0.478 e. The number of carboxylic acid groups (broad SMARTS) is 1. The Morgan fingerprint density at radius 3 is 2.27 bits per heavy atom. The van der Waals surface area contributed by atoms with Crippen molar-refractivity contribution in [1.29, 1.82) is 0 Å². The lowest BCUT2D eigenvalue weighted by Crippen LogP contribution is -2.32. The average molecular weight is 526 g/mol. The molecule has 0 spiro atoms. The number of carbonyl (C=O) groups excluding carboxylic acids is 1. The quantitative estimate of drug-likeness (QED) is 0.441. The molecule has 1 amide bonds. The lowest BCUT2D eigenvalue weighted by Gasteiger charge is -2.19. The summed E-state index contributed by atoms with van der Waals surface area (Å²) in [6.45, 7) is 0. The Labute approximate surface area is 189 Å². The van der Waals surface area contributed by atoms with Gasteiger partial charge in [-0.3, -0.25) is 9.69 Å². The first-order valence-electron chi connectivity index (χ1n) is 8.92. The molecule has 3 aromatic carbocycles. The van der Waals surface area contributed by atoms with E-state index in [1.165, 1.54) is 12.1 Å². The van der Waals surface area contributed by atoms with Gasteiger partial charge >= 0.3 is 5.97 Å². The Bertz CT molecular complexity index is 1200. The number of rotatable bonds is 4. The van der Waals surface area contributed by atoms with Crippen LogP contribution in [0, 0.1) is 0 Å². The molecular weight excluding hydrogens is 512 g/mol. The van der Waals surface area contributed by atoms with Crippen molar-refractivity contribution in [1.82, 2.24) is 0 Å². The molecule has 0 radical (unpaired) electrons. The van der Waals surface area contributed by atoms with Gasteiger partial charge in [0.1, 0.15) is 11.5 Å². The van der Waals surface area contributed by atoms with Crippen molar-refractivity contribution in [3.8, 4) is 0 Å². The highest BCUT2D eigenvalue weighted by atomic mass is 79.9. The van der Waals surface area contributed by atoms with E-state index in [1.807, 2.05) is 48.5 Å². The average Bonchev–Trinajstić information content (AvgIpc) is 3.05. The van der Waals surface area contributed by atoms with Crippen LogP contribution in [0.3, 0.4) is 0 Å². The second-order valence-electron chi connectivity index (χ2n) is 6.52. The number of anilines is 1. The Morgan fingerprint density at radius 1 is 0.933 bits per heavy atom. The zero-order chi connectivity index (χ0) is 21.3. The molecule has 148 valence electrons. The van der Waals surface area contributed by atoms with E-state index < -0.39 is 5.97 Å². The van der Waals surface area contributed by atoms with Crippen molar-refractivity contribution in [2.24, 2.45) is 4.99 Å². The lowest BCUT2D eigenvalue weighted by molar-refractivity contribution is -0.113. The van der Waals surface area contributed by atoms with E-state index >= 15 is 0 Å². The molecule has 0 aromatic heterocycles. The molecule has 4 rings (SSSR count). The molecule has 0 aliphatic carbocycles. The minimum absolute atomic E-state index is 0.185. The summed E-state index contributed by atoms with van der Waals surface area (Å²) in [4.78, 5) is 30.5. The molecule has 0 unspecified atom stereocenters. The van der Waals surface area contributed by atoms with E-state index in [0.29, 0.717) is 17.1 Å². The zero-order valence-electron chi connectivity index (χ0n) is 15.4. The highest BCUT2D eigenvalue weighted by molar-refractivity contribution is 9.10. The number of carbonyl (C=O) groups is 2. The molecular formula is C23H14Br2N2O3. The summed E-state index contributed by atoms with van der Waals surface area (Å²) in [5.41, 5.74) is 2.65. The van der Waals surface area contributed by atoms with Crippen LogP contribution in [-0.2, 0) is 4.79 Å². The molecule has 1 aliphatic rings. The summed E-state index contributed by atoms with van der Waals surface area (Å²) in [6, 6.07) is 21.3. The first kappa shape index (κ1) is 20.3. The van der Waals surface area contributed by atoms with Gasteiger partial charge in [0.25, 0.3) is 5.91 Å². The van der Waals surface area contributed by atoms with Crippen LogP contribution in [0.2, 0.25) is 0 Å². The van der Waals surface area contributed by atoms with Crippen LogP contribution in [0.25, 0.3) is 6.08 Å². The van der Waals surface area contributed by atoms with Crippen molar-refractivity contribution in [3.63, 3.8) is 0 Å². The number of aromatic carboxylic acids is 1. The van der Waals surface area contributed by atoms with E-state index in [-0.39, 0.29) is 17.2 Å². The topological polar surface area (TPSA) is 70.0 Å². The van der Waals surface area contributed by atoms with Crippen LogP contribution in [0.15, 0.2) is 92.4 Å². The van der Waals surface area contributed by atoms with Gasteiger partial charge in [-0.15, -0.1) is 0 Å². The Morgan fingerprint density at radius 2 is 1.63 bits per heavy atom. The van der Waals surface area contributed by atoms with E-state index in [0.717, 1.165) is 14.5 Å². The van der Waals surface area contributed by atoms with Crippen molar-refractivity contribution >= 4 is 61.3 Å². The molecule has 5 nitrogen and oxygen atoms in total. The molecule has 7 heteroatoms. The lowest BCUT2D eigenvalue weighted by atomic mass is 10.1. The van der Waals surface area contributed by atoms with Gasteiger partial charge in [-0.25, -0.2) is 9.79 Å². The van der Waals surface area contributed by atoms with Gasteiger partial charge in [-0.1, -0.05) is 62.2 Å². The minimum Gasteiger partial charge on any atom is -0.478 e. The van der Waals surface area contributed by atoms with Gasteiger partial charge in [0.05, 0.1) is 11.3 Å². The van der Waals surface area contributed by atoms with Gasteiger partial charge in [0.2, 0.25) is 0 Å². The monoisotopic (exact) mass is 524 g/mol. The van der Waals surface area contributed by atoms with Crippen LogP contribution in [0.4, 0.5) is 5.69 Å². The number of amides is 1. The van der Waals surface area contributed by atoms with Gasteiger partial charge in [-0.2, -0.15) is 0 Å². The maximum atomic E-state index is 13.3. The molecule has 1 heterocycles. The van der Waals surface area contributed by atoms with E-state index in [4.69, 9.17) is 5.11 Å². The minimum atomic E-state index is -0.998. The summed E-state index contributed by atoms with van der Waals surface area (Å²) < 4.78 is 1.78. The third-order valence-corrected chi connectivity index (χ3v) is 5.51. The third kappa shape index (κ3) is 4.13. The number of carboxylic acids is 1. The third-order valence-electron chi connectivity index (χ3n) is 4.49. The number of nitrogens with zero attached hydrogens (tertiary/aromatic N) is 2. The number of hydrogen-bond donors (Lipinski definition) is 1. The molecule has 0 saturated carbocycles. The number of benzene rings is 3. The van der Waals surface area contributed by atoms with Crippen LogP contribution in [0.1, 0.15) is 21.5 Å². The predicted molar refractivity (Wildman–Crippen MR) is 124 cm³/mol. The number of amidine groups is 1. The molecule has 0 saturated heterocycles. The molecule has 3 aromatic rings. The van der Waals surface area contributed by atoms with Crippen molar-refractivity contribution in [3.05, 3.63) is 104 Å². The molecule has 30 heavy (non-hydrogen) atoms. The van der Waals surface area contributed by atoms with E-state index in [9.17, 15) is 9.59 Å². The summed E-state index contributed by atoms with van der Waals surface area (Å²) in [5.74, 6) is -0.727. The van der Waals surface area contributed by atoms with E-state index in [2.05, 4.69) is 36.9 Å². The number of halogens is 2. The smallest absolute Gasteiger partial charge is 0.335 e. The van der Waals surface area contributed by atoms with Crippen molar-refractivity contribution in [2.45, 2.75) is 0 Å². The van der Waals surface area contributed by atoms with Gasteiger partial charge < -0.3 is 5.11 Å². The first-order chi connectivity index (χ1) is 14.4. The maximum absolute atomic E-state index is 13.3. The predicted octanol–water partition coefficient (Wildman–Crippen LogP) is 5.74. The Kier molecular flexibility index (Phi) is 5.65. The fourth-order valence-corrected chi connectivity index (χ4v) is 3.70. The van der Waals surface area contributed by atoms with Crippen LogP contribution in [-0.4, -0.2) is 22.8 Å². The SMILES string of the molecule is O=C(O)c1ccc(/C=C2/N=C(c3ccc(Br)cc3)N(c3cccc(Br)c3)C2=O)cc1. The van der Waals surface area contributed by atoms with Gasteiger partial charge in [0, 0.05) is 14.5 Å². The standard InChI is InChI=1S/C23H14Br2N2O3/c24-17-10-8-15(9-11-17)21-26-20(12-14-4-6-16(7-5-14)23(29)30)22(28)27(21)19-3-1-2-18(25)13-19/h1-13H,(H,29,30)/b20-12+. The maximum Gasteiger partial charge on any atom is 0.335 e.